The van der Waals surface area contributed by atoms with Crippen molar-refractivity contribution in [2.45, 2.75) is 6.92 Å². The summed E-state index contributed by atoms with van der Waals surface area (Å²) in [6.45, 7) is 1.80. The number of carbonyl (C=O) groups excluding carboxylic acids is 1. The first-order chi connectivity index (χ1) is 10.1. The summed E-state index contributed by atoms with van der Waals surface area (Å²) in [7, 11) is 0. The molecule has 0 unspecified atom stereocenters. The van der Waals surface area contributed by atoms with Crippen molar-refractivity contribution < 1.29 is 4.79 Å². The van der Waals surface area contributed by atoms with Crippen molar-refractivity contribution in [3.8, 4) is 11.1 Å². The molecule has 0 aliphatic heterocycles. The van der Waals surface area contributed by atoms with E-state index in [1.807, 2.05) is 42.5 Å². The van der Waals surface area contributed by atoms with Crippen LogP contribution < -0.4 is 5.73 Å². The van der Waals surface area contributed by atoms with Crippen LogP contribution in [-0.2, 0) is 0 Å². The molecule has 3 rings (SSSR count). The predicted molar refractivity (Wildman–Crippen MR) is 83.0 cm³/mol. The fourth-order valence-corrected chi connectivity index (χ4v) is 2.24. The molecule has 21 heavy (non-hydrogen) atoms. The molecule has 2 aromatic carbocycles. The zero-order chi connectivity index (χ0) is 14.8. The number of hydrogen-bond donors (Lipinski definition) is 1. The van der Waals surface area contributed by atoms with E-state index in [1.54, 1.807) is 25.1 Å². The average molecular weight is 277 g/mol. The molecule has 2 N–H and O–H groups in total. The van der Waals surface area contributed by atoms with Crippen molar-refractivity contribution in [2.24, 2.45) is 0 Å². The highest BCUT2D eigenvalue weighted by molar-refractivity contribution is 5.97. The van der Waals surface area contributed by atoms with Gasteiger partial charge in [0.2, 0.25) is 0 Å². The van der Waals surface area contributed by atoms with E-state index in [-0.39, 0.29) is 5.91 Å². The number of nitrogens with two attached hydrogens (primary N) is 1. The van der Waals surface area contributed by atoms with E-state index < -0.39 is 0 Å². The largest absolute Gasteiger partial charge is 0.383 e. The number of nitrogens with zero attached hydrogens (tertiary/aromatic N) is 2. The minimum absolute atomic E-state index is 0.222. The zero-order valence-corrected chi connectivity index (χ0v) is 11.7. The monoisotopic (exact) mass is 277 g/mol. The number of carbonyl (C=O) groups is 1. The third-order valence-electron chi connectivity index (χ3n) is 3.29. The van der Waals surface area contributed by atoms with Crippen LogP contribution in [0.15, 0.2) is 60.7 Å². The van der Waals surface area contributed by atoms with E-state index in [1.165, 1.54) is 4.68 Å². The van der Waals surface area contributed by atoms with Gasteiger partial charge in [-0.25, -0.2) is 0 Å². The van der Waals surface area contributed by atoms with Crippen LogP contribution in [0.5, 0.6) is 0 Å². The van der Waals surface area contributed by atoms with Crippen molar-refractivity contribution in [3.05, 3.63) is 71.9 Å². The third-order valence-corrected chi connectivity index (χ3v) is 3.29. The summed E-state index contributed by atoms with van der Waals surface area (Å²) in [5.41, 5.74) is 9.25. The fourth-order valence-electron chi connectivity index (χ4n) is 2.24. The van der Waals surface area contributed by atoms with Crippen molar-refractivity contribution in [1.29, 1.82) is 0 Å². The van der Waals surface area contributed by atoms with Crippen molar-refractivity contribution >= 4 is 11.7 Å². The Bertz CT molecular complexity index is 774. The highest BCUT2D eigenvalue weighted by Crippen LogP contribution is 2.20. The van der Waals surface area contributed by atoms with Gasteiger partial charge in [-0.2, -0.15) is 9.78 Å². The van der Waals surface area contributed by atoms with E-state index >= 15 is 0 Å². The van der Waals surface area contributed by atoms with Gasteiger partial charge in [-0.3, -0.25) is 4.79 Å². The topological polar surface area (TPSA) is 60.9 Å². The Balaban J connectivity index is 1.91. The number of benzene rings is 2. The summed E-state index contributed by atoms with van der Waals surface area (Å²) in [5, 5.41) is 4.11. The quantitative estimate of drug-likeness (QED) is 0.782. The molecule has 0 aliphatic carbocycles. The molecule has 0 fully saturated rings. The first kappa shape index (κ1) is 13.1. The summed E-state index contributed by atoms with van der Waals surface area (Å²) >= 11 is 0. The van der Waals surface area contributed by atoms with Gasteiger partial charge >= 0.3 is 0 Å². The molecule has 0 aliphatic rings. The molecule has 0 radical (unpaired) electrons. The predicted octanol–water partition coefficient (Wildman–Crippen LogP) is 3.13. The fraction of sp³-hybridized carbons (Fsp3) is 0.0588. The Morgan fingerprint density at radius 1 is 1.00 bits per heavy atom. The Hall–Kier alpha value is -2.88. The van der Waals surface area contributed by atoms with Crippen molar-refractivity contribution in [3.63, 3.8) is 0 Å². The summed E-state index contributed by atoms with van der Waals surface area (Å²) in [6, 6.07) is 19.1. The van der Waals surface area contributed by atoms with Crippen LogP contribution in [0.3, 0.4) is 0 Å². The Kier molecular flexibility index (Phi) is 3.28. The van der Waals surface area contributed by atoms with Crippen LogP contribution >= 0.6 is 0 Å². The number of aryl methyl sites for hydroxylation is 1. The first-order valence-electron chi connectivity index (χ1n) is 6.67. The minimum Gasteiger partial charge on any atom is -0.383 e. The molecule has 0 amide bonds. The number of hydrogen-bond acceptors (Lipinski definition) is 3. The lowest BCUT2D eigenvalue weighted by Gasteiger charge is -2.05. The van der Waals surface area contributed by atoms with Gasteiger partial charge in [0.05, 0.1) is 5.69 Å². The first-order valence-corrected chi connectivity index (χ1v) is 6.67. The molecule has 1 aromatic heterocycles. The van der Waals surface area contributed by atoms with Crippen LogP contribution in [0, 0.1) is 6.92 Å². The van der Waals surface area contributed by atoms with E-state index in [4.69, 9.17) is 5.73 Å². The molecule has 3 aromatic rings. The highest BCUT2D eigenvalue weighted by atomic mass is 16.2. The Labute approximate surface area is 122 Å². The van der Waals surface area contributed by atoms with Gasteiger partial charge in [0, 0.05) is 11.6 Å². The van der Waals surface area contributed by atoms with Gasteiger partial charge in [-0.1, -0.05) is 42.5 Å². The standard InChI is InChI=1S/C17H15N3O/c1-12-11-16(18)20(19-12)17(21)15-9-7-14(8-10-15)13-5-3-2-4-6-13/h2-11H,18H2,1H3. The average Bonchev–Trinajstić information content (AvgIpc) is 2.86. The number of anilines is 1. The second-order valence-electron chi connectivity index (χ2n) is 4.87. The van der Waals surface area contributed by atoms with Crippen LogP contribution in [0.4, 0.5) is 5.82 Å². The van der Waals surface area contributed by atoms with Crippen LogP contribution in [0.25, 0.3) is 11.1 Å². The summed E-state index contributed by atoms with van der Waals surface area (Å²) in [5.74, 6) is 0.129. The molecule has 0 saturated heterocycles. The Morgan fingerprint density at radius 3 is 2.19 bits per heavy atom. The van der Waals surface area contributed by atoms with Gasteiger partial charge in [0.1, 0.15) is 5.82 Å². The van der Waals surface area contributed by atoms with Crippen LogP contribution in [0.2, 0.25) is 0 Å². The van der Waals surface area contributed by atoms with Crippen molar-refractivity contribution in [1.82, 2.24) is 9.78 Å². The molecular formula is C17H15N3O. The SMILES string of the molecule is Cc1cc(N)n(C(=O)c2ccc(-c3ccccc3)cc2)n1. The van der Waals surface area contributed by atoms with Crippen LogP contribution in [0.1, 0.15) is 16.1 Å². The molecule has 0 bridgehead atoms. The second-order valence-corrected chi connectivity index (χ2v) is 4.87. The van der Waals surface area contributed by atoms with E-state index in [2.05, 4.69) is 5.10 Å². The number of rotatable bonds is 2. The van der Waals surface area contributed by atoms with Crippen LogP contribution in [-0.4, -0.2) is 15.7 Å². The van der Waals surface area contributed by atoms with Gasteiger partial charge in [0.25, 0.3) is 5.91 Å². The van der Waals surface area contributed by atoms with Gasteiger partial charge < -0.3 is 5.73 Å². The van der Waals surface area contributed by atoms with Gasteiger partial charge in [-0.15, -0.1) is 0 Å². The normalized spacial score (nSPS) is 10.5. The number of nitrogen functional groups attached to an aromatic ring is 1. The van der Waals surface area contributed by atoms with E-state index in [0.29, 0.717) is 11.4 Å². The second kappa shape index (κ2) is 5.25. The Morgan fingerprint density at radius 2 is 1.62 bits per heavy atom. The molecule has 104 valence electrons. The molecule has 4 heteroatoms. The molecule has 1 heterocycles. The lowest BCUT2D eigenvalue weighted by atomic mass is 10.0. The molecule has 0 spiro atoms. The zero-order valence-electron chi connectivity index (χ0n) is 11.7. The molecular weight excluding hydrogens is 262 g/mol. The van der Waals surface area contributed by atoms with E-state index in [9.17, 15) is 4.79 Å². The summed E-state index contributed by atoms with van der Waals surface area (Å²) < 4.78 is 1.23. The van der Waals surface area contributed by atoms with Gasteiger partial charge in [0.15, 0.2) is 0 Å². The summed E-state index contributed by atoms with van der Waals surface area (Å²) in [4.78, 5) is 12.3. The highest BCUT2D eigenvalue weighted by Gasteiger charge is 2.13. The maximum Gasteiger partial charge on any atom is 0.280 e. The van der Waals surface area contributed by atoms with Crippen molar-refractivity contribution in [2.75, 3.05) is 5.73 Å². The lowest BCUT2D eigenvalue weighted by molar-refractivity contribution is 0.0947. The van der Waals surface area contributed by atoms with E-state index in [0.717, 1.165) is 16.8 Å². The maximum atomic E-state index is 12.3. The summed E-state index contributed by atoms with van der Waals surface area (Å²) in [6.07, 6.45) is 0. The molecule has 0 saturated carbocycles. The lowest BCUT2D eigenvalue weighted by Crippen LogP contribution is -2.16. The minimum atomic E-state index is -0.222. The smallest absolute Gasteiger partial charge is 0.280 e. The number of aromatic nitrogens is 2. The molecule has 0 atom stereocenters. The molecule has 4 nitrogen and oxygen atoms in total. The third kappa shape index (κ3) is 2.56. The van der Waals surface area contributed by atoms with Gasteiger partial charge in [-0.05, 0) is 30.2 Å². The maximum absolute atomic E-state index is 12.3.